The van der Waals surface area contributed by atoms with E-state index in [1.807, 2.05) is 0 Å². The van der Waals surface area contributed by atoms with Gasteiger partial charge in [-0.3, -0.25) is 0 Å². The third-order valence-corrected chi connectivity index (χ3v) is 3.10. The Balaban J connectivity index is 2.18. The molecule has 0 amide bonds. The number of guanidine groups is 1. The molecule has 0 aliphatic carbocycles. The second-order valence-electron chi connectivity index (χ2n) is 4.58. The molecule has 7 nitrogen and oxygen atoms in total. The SMILES string of the molecule is COc1cc(/C=N\N=C(N)N)ccc1OC(=O)c1ccc(Cl)cc1. The molecule has 0 aliphatic rings. The average Bonchev–Trinajstić information content (AvgIpc) is 2.56. The number of ether oxygens (including phenoxy) is 2. The van der Waals surface area contributed by atoms with Gasteiger partial charge in [-0.15, -0.1) is 5.10 Å². The van der Waals surface area contributed by atoms with Gasteiger partial charge in [0, 0.05) is 5.02 Å². The van der Waals surface area contributed by atoms with Crippen LogP contribution in [-0.4, -0.2) is 25.3 Å². The molecule has 24 heavy (non-hydrogen) atoms. The number of methoxy groups -OCH3 is 1. The molecule has 0 aromatic heterocycles. The molecule has 124 valence electrons. The summed E-state index contributed by atoms with van der Waals surface area (Å²) in [4.78, 5) is 12.1. The van der Waals surface area contributed by atoms with Crippen LogP contribution in [0.5, 0.6) is 11.5 Å². The van der Waals surface area contributed by atoms with E-state index in [0.717, 1.165) is 0 Å². The van der Waals surface area contributed by atoms with E-state index in [4.69, 9.17) is 32.5 Å². The van der Waals surface area contributed by atoms with Gasteiger partial charge in [-0.2, -0.15) is 5.10 Å². The Hall–Kier alpha value is -3.06. The topological polar surface area (TPSA) is 112 Å². The predicted molar refractivity (Wildman–Crippen MR) is 92.8 cm³/mol. The average molecular weight is 347 g/mol. The van der Waals surface area contributed by atoms with E-state index >= 15 is 0 Å². The number of halogens is 1. The fourth-order valence-corrected chi connectivity index (χ4v) is 1.88. The Kier molecular flexibility index (Phi) is 5.75. The number of hydrogen-bond donors (Lipinski definition) is 2. The third kappa shape index (κ3) is 4.72. The van der Waals surface area contributed by atoms with E-state index in [1.165, 1.54) is 13.3 Å². The van der Waals surface area contributed by atoms with Crippen molar-refractivity contribution in [3.63, 3.8) is 0 Å². The standard InChI is InChI=1S/C16H15ClN4O3/c1-23-14-8-10(9-20-21-16(18)19)2-7-13(14)24-15(22)11-3-5-12(17)6-4-11/h2-9H,1H3,(H4,18,19,21)/b20-9-. The maximum atomic E-state index is 12.1. The van der Waals surface area contributed by atoms with Crippen molar-refractivity contribution in [3.05, 3.63) is 58.6 Å². The van der Waals surface area contributed by atoms with Crippen LogP contribution in [0.3, 0.4) is 0 Å². The van der Waals surface area contributed by atoms with Crippen molar-refractivity contribution in [1.29, 1.82) is 0 Å². The minimum absolute atomic E-state index is 0.147. The number of hydrogen-bond acceptors (Lipinski definition) is 5. The van der Waals surface area contributed by atoms with Crippen LogP contribution >= 0.6 is 11.6 Å². The molecule has 0 spiro atoms. The number of rotatable bonds is 5. The highest BCUT2D eigenvalue weighted by Crippen LogP contribution is 2.28. The second-order valence-corrected chi connectivity index (χ2v) is 5.01. The van der Waals surface area contributed by atoms with Gasteiger partial charge in [0.2, 0.25) is 5.96 Å². The maximum absolute atomic E-state index is 12.1. The van der Waals surface area contributed by atoms with Crippen molar-refractivity contribution in [3.8, 4) is 11.5 Å². The summed E-state index contributed by atoms with van der Waals surface area (Å²) in [5.41, 5.74) is 11.4. The zero-order valence-electron chi connectivity index (χ0n) is 12.8. The molecular weight excluding hydrogens is 332 g/mol. The van der Waals surface area contributed by atoms with E-state index in [2.05, 4.69) is 10.2 Å². The van der Waals surface area contributed by atoms with E-state index in [-0.39, 0.29) is 11.7 Å². The fourth-order valence-electron chi connectivity index (χ4n) is 1.76. The molecule has 0 aliphatic heterocycles. The number of carbonyl (C=O) groups is 1. The second kappa shape index (κ2) is 7.98. The van der Waals surface area contributed by atoms with E-state index in [9.17, 15) is 4.79 Å². The largest absolute Gasteiger partial charge is 0.493 e. The monoisotopic (exact) mass is 346 g/mol. The molecule has 8 heteroatoms. The Labute approximate surface area is 143 Å². The Bertz CT molecular complexity index is 784. The number of carbonyl (C=O) groups excluding carboxylic acids is 1. The van der Waals surface area contributed by atoms with Gasteiger partial charge < -0.3 is 20.9 Å². The Morgan fingerprint density at radius 3 is 2.46 bits per heavy atom. The first-order chi connectivity index (χ1) is 11.5. The summed E-state index contributed by atoms with van der Waals surface area (Å²) in [6.07, 6.45) is 1.44. The fraction of sp³-hybridized carbons (Fsp3) is 0.0625. The van der Waals surface area contributed by atoms with E-state index in [1.54, 1.807) is 42.5 Å². The lowest BCUT2D eigenvalue weighted by atomic mass is 10.2. The molecule has 0 saturated carbocycles. The number of nitrogens with two attached hydrogens (primary N) is 2. The zero-order chi connectivity index (χ0) is 17.5. The van der Waals surface area contributed by atoms with Crippen LogP contribution in [0.2, 0.25) is 5.02 Å². The van der Waals surface area contributed by atoms with Crippen LogP contribution in [0.15, 0.2) is 52.7 Å². The zero-order valence-corrected chi connectivity index (χ0v) is 13.5. The smallest absolute Gasteiger partial charge is 0.343 e. The predicted octanol–water partition coefficient (Wildman–Crippen LogP) is 2.18. The summed E-state index contributed by atoms with van der Waals surface area (Å²) in [6, 6.07) is 11.3. The van der Waals surface area contributed by atoms with Crippen molar-refractivity contribution in [2.75, 3.05) is 7.11 Å². The summed E-state index contributed by atoms with van der Waals surface area (Å²) in [7, 11) is 1.46. The van der Waals surface area contributed by atoms with Crippen LogP contribution in [-0.2, 0) is 0 Å². The van der Waals surface area contributed by atoms with Gasteiger partial charge in [-0.25, -0.2) is 4.79 Å². The molecule has 0 unspecified atom stereocenters. The van der Waals surface area contributed by atoms with E-state index < -0.39 is 5.97 Å². The minimum atomic E-state index is -0.521. The number of esters is 1. The van der Waals surface area contributed by atoms with Gasteiger partial charge in [0.25, 0.3) is 0 Å². The van der Waals surface area contributed by atoms with Crippen LogP contribution < -0.4 is 20.9 Å². The quantitative estimate of drug-likeness (QED) is 0.283. The first kappa shape index (κ1) is 17.3. The molecule has 0 bridgehead atoms. The molecule has 0 fully saturated rings. The van der Waals surface area contributed by atoms with Crippen molar-refractivity contribution >= 4 is 29.7 Å². The maximum Gasteiger partial charge on any atom is 0.343 e. The summed E-state index contributed by atoms with van der Waals surface area (Å²) in [5, 5.41) is 7.73. The third-order valence-electron chi connectivity index (χ3n) is 2.85. The molecule has 2 aromatic rings. The van der Waals surface area contributed by atoms with Crippen LogP contribution in [0.4, 0.5) is 0 Å². The highest BCUT2D eigenvalue weighted by molar-refractivity contribution is 6.30. The molecular formula is C16H15ClN4O3. The van der Waals surface area contributed by atoms with Crippen molar-refractivity contribution in [2.24, 2.45) is 21.7 Å². The Morgan fingerprint density at radius 2 is 1.83 bits per heavy atom. The van der Waals surface area contributed by atoms with Crippen molar-refractivity contribution in [2.45, 2.75) is 0 Å². The molecule has 2 rings (SSSR count). The van der Waals surface area contributed by atoms with Gasteiger partial charge >= 0.3 is 5.97 Å². The van der Waals surface area contributed by atoms with Gasteiger partial charge in [0.1, 0.15) is 0 Å². The van der Waals surface area contributed by atoms with Crippen LogP contribution in [0, 0.1) is 0 Å². The molecule has 2 aromatic carbocycles. The molecule has 4 N–H and O–H groups in total. The van der Waals surface area contributed by atoms with E-state index in [0.29, 0.717) is 21.9 Å². The lowest BCUT2D eigenvalue weighted by Gasteiger charge is -2.09. The van der Waals surface area contributed by atoms with Gasteiger partial charge in [0.05, 0.1) is 18.9 Å². The highest BCUT2D eigenvalue weighted by Gasteiger charge is 2.12. The normalized spacial score (nSPS) is 10.4. The minimum Gasteiger partial charge on any atom is -0.493 e. The summed E-state index contributed by atoms with van der Waals surface area (Å²) in [6.45, 7) is 0. The summed E-state index contributed by atoms with van der Waals surface area (Å²) >= 11 is 5.79. The highest BCUT2D eigenvalue weighted by atomic mass is 35.5. The molecule has 0 heterocycles. The van der Waals surface area contributed by atoms with Crippen LogP contribution in [0.1, 0.15) is 15.9 Å². The first-order valence-corrected chi connectivity index (χ1v) is 7.15. The summed E-state index contributed by atoms with van der Waals surface area (Å²) < 4.78 is 10.6. The lowest BCUT2D eigenvalue weighted by molar-refractivity contribution is 0.0729. The van der Waals surface area contributed by atoms with Gasteiger partial charge in [-0.1, -0.05) is 11.6 Å². The Morgan fingerprint density at radius 1 is 1.12 bits per heavy atom. The van der Waals surface area contributed by atoms with Gasteiger partial charge in [-0.05, 0) is 48.0 Å². The molecule has 0 radical (unpaired) electrons. The van der Waals surface area contributed by atoms with Crippen LogP contribution in [0.25, 0.3) is 0 Å². The van der Waals surface area contributed by atoms with Gasteiger partial charge in [0.15, 0.2) is 11.5 Å². The number of nitrogens with zero attached hydrogens (tertiary/aromatic N) is 2. The lowest BCUT2D eigenvalue weighted by Crippen LogP contribution is -2.21. The first-order valence-electron chi connectivity index (χ1n) is 6.77. The van der Waals surface area contributed by atoms with Crippen molar-refractivity contribution in [1.82, 2.24) is 0 Å². The molecule has 0 atom stereocenters. The number of benzene rings is 2. The summed E-state index contributed by atoms with van der Waals surface area (Å²) in [5.74, 6) is -0.0268. The van der Waals surface area contributed by atoms with Crippen molar-refractivity contribution < 1.29 is 14.3 Å². The molecule has 0 saturated heterocycles.